The molecular weight excluding hydrogens is 370 g/mol. The van der Waals surface area contributed by atoms with Crippen LogP contribution in [0.25, 0.3) is 0 Å². The maximum atomic E-state index is 12.4. The summed E-state index contributed by atoms with van der Waals surface area (Å²) in [7, 11) is -3.19. The summed E-state index contributed by atoms with van der Waals surface area (Å²) in [5.41, 5.74) is 1.02. The summed E-state index contributed by atoms with van der Waals surface area (Å²) in [5, 5.41) is 11.5. The zero-order chi connectivity index (χ0) is 19.4. The lowest BCUT2D eigenvalue weighted by Crippen LogP contribution is -2.47. The van der Waals surface area contributed by atoms with Crippen LogP contribution in [0.5, 0.6) is 0 Å². The van der Waals surface area contributed by atoms with E-state index in [1.165, 1.54) is 12.1 Å². The number of aromatic carboxylic acids is 1. The van der Waals surface area contributed by atoms with E-state index in [9.17, 15) is 18.0 Å². The molecule has 3 rings (SSSR count). The quantitative estimate of drug-likeness (QED) is 0.645. The number of sulfonamides is 1. The van der Waals surface area contributed by atoms with E-state index >= 15 is 0 Å². The van der Waals surface area contributed by atoms with Crippen LogP contribution in [-0.4, -0.2) is 55.3 Å². The lowest BCUT2D eigenvalue weighted by atomic mass is 9.99. The van der Waals surface area contributed by atoms with Crippen LogP contribution in [-0.2, 0) is 16.6 Å². The van der Waals surface area contributed by atoms with Crippen LogP contribution < -0.4 is 10.0 Å². The van der Waals surface area contributed by atoms with E-state index in [-0.39, 0.29) is 22.8 Å². The Balaban J connectivity index is 1.45. The Morgan fingerprint density at radius 1 is 1.15 bits per heavy atom. The predicted molar refractivity (Wildman–Crippen MR) is 99.9 cm³/mol. The van der Waals surface area contributed by atoms with Crippen molar-refractivity contribution in [2.45, 2.75) is 37.5 Å². The maximum absolute atomic E-state index is 12.4. The molecule has 2 amide bonds. The topological polar surface area (TPSA) is 116 Å². The summed E-state index contributed by atoms with van der Waals surface area (Å²) >= 11 is 0. The van der Waals surface area contributed by atoms with Crippen molar-refractivity contribution in [1.82, 2.24) is 14.9 Å². The summed E-state index contributed by atoms with van der Waals surface area (Å²) in [6.07, 6.45) is 3.22. The highest BCUT2D eigenvalue weighted by Gasteiger charge is 2.36. The number of urea groups is 1. The molecule has 0 aromatic heterocycles. The Hall–Kier alpha value is -2.13. The van der Waals surface area contributed by atoms with E-state index in [0.29, 0.717) is 26.2 Å². The summed E-state index contributed by atoms with van der Waals surface area (Å²) in [4.78, 5) is 25.0. The summed E-state index contributed by atoms with van der Waals surface area (Å²) in [5.74, 6) is -0.866. The van der Waals surface area contributed by atoms with E-state index in [1.54, 1.807) is 17.0 Å². The third-order valence-corrected chi connectivity index (χ3v) is 6.91. The minimum Gasteiger partial charge on any atom is -0.478 e. The molecule has 0 bridgehead atoms. The molecule has 1 unspecified atom stereocenters. The van der Waals surface area contributed by atoms with Crippen molar-refractivity contribution in [2.75, 3.05) is 19.6 Å². The van der Waals surface area contributed by atoms with Gasteiger partial charge in [-0.25, -0.2) is 22.7 Å². The van der Waals surface area contributed by atoms with E-state index in [0.717, 1.165) is 31.2 Å². The number of nitrogens with one attached hydrogen (secondary N) is 2. The molecule has 1 atom stereocenters. The standard InChI is InChI=1S/C18H25N3O5S/c22-17(23)15-5-3-13(4-6-15)10-19-18(24)21-9-1-2-14(12-21)11-20-27(25,26)16-7-8-16/h3-6,14,16,20H,1-2,7-12H2,(H,19,24)(H,22,23). The fourth-order valence-corrected chi connectivity index (χ4v) is 4.66. The number of hydrogen-bond donors (Lipinski definition) is 3. The van der Waals surface area contributed by atoms with Gasteiger partial charge in [0.15, 0.2) is 0 Å². The highest BCUT2D eigenvalue weighted by atomic mass is 32.2. The number of carbonyl (C=O) groups excluding carboxylic acids is 1. The number of likely N-dealkylation sites (tertiary alicyclic amines) is 1. The molecule has 0 spiro atoms. The molecule has 1 aliphatic heterocycles. The van der Waals surface area contributed by atoms with Crippen molar-refractivity contribution in [3.05, 3.63) is 35.4 Å². The lowest BCUT2D eigenvalue weighted by molar-refractivity contribution is 0.0696. The molecule has 148 valence electrons. The van der Waals surface area contributed by atoms with E-state index in [4.69, 9.17) is 5.11 Å². The fraction of sp³-hybridized carbons (Fsp3) is 0.556. The number of benzene rings is 1. The minimum absolute atomic E-state index is 0.118. The average molecular weight is 395 g/mol. The Morgan fingerprint density at radius 3 is 2.48 bits per heavy atom. The highest BCUT2D eigenvalue weighted by Crippen LogP contribution is 2.27. The van der Waals surface area contributed by atoms with Gasteiger partial charge in [-0.05, 0) is 49.3 Å². The molecule has 27 heavy (non-hydrogen) atoms. The first-order valence-corrected chi connectivity index (χ1v) is 10.7. The van der Waals surface area contributed by atoms with Gasteiger partial charge in [-0.15, -0.1) is 0 Å². The zero-order valence-electron chi connectivity index (χ0n) is 15.1. The summed E-state index contributed by atoms with van der Waals surface area (Å²) in [6.45, 7) is 1.86. The minimum atomic E-state index is -3.19. The molecule has 2 fully saturated rings. The van der Waals surface area contributed by atoms with Crippen LogP contribution in [0.2, 0.25) is 0 Å². The Labute approximate surface area is 159 Å². The van der Waals surface area contributed by atoms with Gasteiger partial charge in [0.1, 0.15) is 0 Å². The van der Waals surface area contributed by atoms with Crippen LogP contribution in [0, 0.1) is 5.92 Å². The molecule has 1 saturated carbocycles. The van der Waals surface area contributed by atoms with Gasteiger partial charge < -0.3 is 15.3 Å². The normalized spacial score (nSPS) is 20.3. The number of carboxylic acids is 1. The van der Waals surface area contributed by atoms with Gasteiger partial charge in [-0.1, -0.05) is 12.1 Å². The maximum Gasteiger partial charge on any atom is 0.335 e. The van der Waals surface area contributed by atoms with Gasteiger partial charge in [0.05, 0.1) is 10.8 Å². The molecule has 1 aromatic carbocycles. The third-order valence-electron chi connectivity index (χ3n) is 4.99. The van der Waals surface area contributed by atoms with Gasteiger partial charge in [0, 0.05) is 26.2 Å². The first-order chi connectivity index (χ1) is 12.8. The predicted octanol–water partition coefficient (Wildman–Crippen LogP) is 1.39. The zero-order valence-corrected chi connectivity index (χ0v) is 15.9. The highest BCUT2D eigenvalue weighted by molar-refractivity contribution is 7.90. The number of carbonyl (C=O) groups is 2. The Kier molecular flexibility index (Phi) is 6.01. The van der Waals surface area contributed by atoms with Gasteiger partial charge in [-0.3, -0.25) is 0 Å². The van der Waals surface area contributed by atoms with Crippen LogP contribution in [0.3, 0.4) is 0 Å². The number of rotatable bonds is 7. The van der Waals surface area contributed by atoms with Crippen molar-refractivity contribution in [3.63, 3.8) is 0 Å². The van der Waals surface area contributed by atoms with Crippen LogP contribution in [0.1, 0.15) is 41.6 Å². The number of nitrogens with zero attached hydrogens (tertiary/aromatic N) is 1. The van der Waals surface area contributed by atoms with Crippen LogP contribution >= 0.6 is 0 Å². The van der Waals surface area contributed by atoms with Gasteiger partial charge in [0.2, 0.25) is 10.0 Å². The lowest BCUT2D eigenvalue weighted by Gasteiger charge is -2.32. The van der Waals surface area contributed by atoms with E-state index < -0.39 is 16.0 Å². The SMILES string of the molecule is O=C(O)c1ccc(CNC(=O)N2CCCC(CNS(=O)(=O)C3CC3)C2)cc1. The molecule has 1 aliphatic carbocycles. The van der Waals surface area contributed by atoms with Gasteiger partial charge in [-0.2, -0.15) is 0 Å². The van der Waals surface area contributed by atoms with E-state index in [2.05, 4.69) is 10.0 Å². The fourth-order valence-electron chi connectivity index (χ4n) is 3.20. The van der Waals surface area contributed by atoms with Crippen molar-refractivity contribution >= 4 is 22.0 Å². The Bertz CT molecular complexity index is 790. The number of piperidine rings is 1. The second-order valence-corrected chi connectivity index (χ2v) is 9.25. The first kappa shape index (κ1) is 19.6. The summed E-state index contributed by atoms with van der Waals surface area (Å²) in [6, 6.07) is 6.18. The second kappa shape index (κ2) is 8.26. The van der Waals surface area contributed by atoms with Crippen molar-refractivity contribution in [2.24, 2.45) is 5.92 Å². The summed E-state index contributed by atoms with van der Waals surface area (Å²) < 4.78 is 26.6. The molecule has 1 aromatic rings. The molecule has 0 radical (unpaired) electrons. The average Bonchev–Trinajstić information content (AvgIpc) is 3.51. The molecular formula is C18H25N3O5S. The molecule has 9 heteroatoms. The van der Waals surface area contributed by atoms with E-state index in [1.807, 2.05) is 0 Å². The third kappa shape index (κ3) is 5.43. The molecule has 3 N–H and O–H groups in total. The number of amides is 2. The van der Waals surface area contributed by atoms with Crippen molar-refractivity contribution in [1.29, 1.82) is 0 Å². The molecule has 8 nitrogen and oxygen atoms in total. The first-order valence-electron chi connectivity index (χ1n) is 9.18. The van der Waals surface area contributed by atoms with Crippen LogP contribution in [0.15, 0.2) is 24.3 Å². The van der Waals surface area contributed by atoms with Gasteiger partial charge >= 0.3 is 12.0 Å². The monoisotopic (exact) mass is 395 g/mol. The van der Waals surface area contributed by atoms with Crippen LogP contribution in [0.4, 0.5) is 4.79 Å². The largest absolute Gasteiger partial charge is 0.478 e. The molecule has 1 heterocycles. The smallest absolute Gasteiger partial charge is 0.335 e. The number of hydrogen-bond acceptors (Lipinski definition) is 4. The second-order valence-electron chi connectivity index (χ2n) is 7.21. The molecule has 1 saturated heterocycles. The molecule has 2 aliphatic rings. The number of carboxylic acid groups (broad SMARTS) is 1. The Morgan fingerprint density at radius 2 is 1.85 bits per heavy atom. The van der Waals surface area contributed by atoms with Crippen molar-refractivity contribution in [3.8, 4) is 0 Å². The van der Waals surface area contributed by atoms with Gasteiger partial charge in [0.25, 0.3) is 0 Å². The van der Waals surface area contributed by atoms with Crippen molar-refractivity contribution < 1.29 is 23.1 Å².